The van der Waals surface area contributed by atoms with Crippen molar-refractivity contribution in [3.05, 3.63) is 42.4 Å². The zero-order chi connectivity index (χ0) is 18.2. The van der Waals surface area contributed by atoms with Crippen LogP contribution in [-0.4, -0.2) is 33.0 Å². The Kier molecular flexibility index (Phi) is 4.01. The molecule has 3 aromatic heterocycles. The maximum Gasteiger partial charge on any atom is 0.196 e. The highest BCUT2D eigenvalue weighted by atomic mass is 16.5. The van der Waals surface area contributed by atoms with Crippen LogP contribution in [0, 0.1) is 0 Å². The third-order valence-corrected chi connectivity index (χ3v) is 5.03. The van der Waals surface area contributed by atoms with Gasteiger partial charge < -0.3 is 14.5 Å². The van der Waals surface area contributed by atoms with Gasteiger partial charge in [0.15, 0.2) is 17.2 Å². The molecule has 138 valence electrons. The predicted octanol–water partition coefficient (Wildman–Crippen LogP) is 4.23. The molecule has 4 aromatic rings. The second kappa shape index (κ2) is 6.66. The van der Waals surface area contributed by atoms with Gasteiger partial charge in [-0.05, 0) is 31.9 Å². The molecule has 0 radical (unpaired) electrons. The summed E-state index contributed by atoms with van der Waals surface area (Å²) in [5.74, 6) is 2.55. The van der Waals surface area contributed by atoms with E-state index in [1.165, 1.54) is 0 Å². The Morgan fingerprint density at radius 1 is 1.15 bits per heavy atom. The number of rotatable bonds is 4. The normalized spacial score (nSPS) is 15.6. The first-order valence-electron chi connectivity index (χ1n) is 9.39. The minimum atomic E-state index is 0.297. The highest BCUT2D eigenvalue weighted by molar-refractivity contribution is 6.05. The van der Waals surface area contributed by atoms with E-state index in [1.807, 2.05) is 41.2 Å². The SMILES string of the molecule is CCn1ccc(Nc2nc(C3CCOCC3)nc3c2oc2ccccc23)n1. The number of fused-ring (bicyclic) bond motifs is 3. The molecule has 1 aliphatic heterocycles. The highest BCUT2D eigenvalue weighted by Gasteiger charge is 2.23. The molecule has 1 aliphatic rings. The monoisotopic (exact) mass is 363 g/mol. The van der Waals surface area contributed by atoms with Crippen LogP contribution < -0.4 is 5.32 Å². The molecule has 5 rings (SSSR count). The Morgan fingerprint density at radius 3 is 2.81 bits per heavy atom. The number of benzene rings is 1. The standard InChI is InChI=1S/C20H21N5O2/c1-2-25-10-7-16(24-25)21-20-18-17(14-5-3-4-6-15(14)27-18)22-19(23-20)13-8-11-26-12-9-13/h3-7,10,13H,2,8-9,11-12H2,1H3,(H,21,22,23,24). The fourth-order valence-electron chi connectivity index (χ4n) is 3.56. The Bertz CT molecular complexity index is 1090. The molecule has 0 atom stereocenters. The molecule has 1 saturated heterocycles. The summed E-state index contributed by atoms with van der Waals surface area (Å²) in [6.07, 6.45) is 3.81. The van der Waals surface area contributed by atoms with Gasteiger partial charge in [-0.2, -0.15) is 5.10 Å². The quantitative estimate of drug-likeness (QED) is 0.585. The summed E-state index contributed by atoms with van der Waals surface area (Å²) in [4.78, 5) is 9.71. The molecule has 1 fully saturated rings. The zero-order valence-electron chi connectivity index (χ0n) is 15.2. The smallest absolute Gasteiger partial charge is 0.196 e. The van der Waals surface area contributed by atoms with Crippen LogP contribution in [0.5, 0.6) is 0 Å². The maximum absolute atomic E-state index is 6.08. The van der Waals surface area contributed by atoms with Gasteiger partial charge >= 0.3 is 0 Å². The molecule has 0 bridgehead atoms. The van der Waals surface area contributed by atoms with Crippen molar-refractivity contribution < 1.29 is 9.15 Å². The number of aryl methyl sites for hydroxylation is 1. The summed E-state index contributed by atoms with van der Waals surface area (Å²) in [7, 11) is 0. The van der Waals surface area contributed by atoms with Gasteiger partial charge in [0.2, 0.25) is 0 Å². The predicted molar refractivity (Wildman–Crippen MR) is 103 cm³/mol. The molecule has 0 unspecified atom stereocenters. The molecule has 27 heavy (non-hydrogen) atoms. The summed E-state index contributed by atoms with van der Waals surface area (Å²) >= 11 is 0. The second-order valence-electron chi connectivity index (χ2n) is 6.77. The first kappa shape index (κ1) is 16.3. The molecule has 0 amide bonds. The van der Waals surface area contributed by atoms with Gasteiger partial charge in [0.1, 0.15) is 16.9 Å². The lowest BCUT2D eigenvalue weighted by Crippen LogP contribution is -2.17. The average molecular weight is 363 g/mol. The summed E-state index contributed by atoms with van der Waals surface area (Å²) in [6, 6.07) is 9.91. The van der Waals surface area contributed by atoms with Gasteiger partial charge in [0, 0.05) is 43.3 Å². The van der Waals surface area contributed by atoms with E-state index in [9.17, 15) is 0 Å². The van der Waals surface area contributed by atoms with Crippen molar-refractivity contribution in [2.75, 3.05) is 18.5 Å². The van der Waals surface area contributed by atoms with Gasteiger partial charge in [0.25, 0.3) is 0 Å². The average Bonchev–Trinajstić information content (AvgIpc) is 3.33. The fourth-order valence-corrected chi connectivity index (χ4v) is 3.56. The molecule has 1 N–H and O–H groups in total. The summed E-state index contributed by atoms with van der Waals surface area (Å²) in [5.41, 5.74) is 2.32. The fraction of sp³-hybridized carbons (Fsp3) is 0.350. The van der Waals surface area contributed by atoms with E-state index in [4.69, 9.17) is 19.1 Å². The third kappa shape index (κ3) is 2.94. The van der Waals surface area contributed by atoms with Crippen molar-refractivity contribution in [1.82, 2.24) is 19.7 Å². The Morgan fingerprint density at radius 2 is 2.00 bits per heavy atom. The van der Waals surface area contributed by atoms with Gasteiger partial charge in [-0.25, -0.2) is 9.97 Å². The molecule has 1 aromatic carbocycles. The number of anilines is 2. The summed E-state index contributed by atoms with van der Waals surface area (Å²) < 4.78 is 13.5. The van der Waals surface area contributed by atoms with E-state index in [2.05, 4.69) is 17.3 Å². The maximum atomic E-state index is 6.08. The number of aromatic nitrogens is 4. The van der Waals surface area contributed by atoms with Crippen LogP contribution in [0.4, 0.5) is 11.6 Å². The first-order valence-corrected chi connectivity index (χ1v) is 9.39. The van der Waals surface area contributed by atoms with Crippen LogP contribution in [0.1, 0.15) is 31.5 Å². The lowest BCUT2D eigenvalue weighted by Gasteiger charge is -2.21. The zero-order valence-corrected chi connectivity index (χ0v) is 15.2. The van der Waals surface area contributed by atoms with Crippen molar-refractivity contribution in [2.45, 2.75) is 32.2 Å². The van der Waals surface area contributed by atoms with E-state index in [0.717, 1.165) is 60.7 Å². The first-order chi connectivity index (χ1) is 13.3. The van der Waals surface area contributed by atoms with Crippen LogP contribution >= 0.6 is 0 Å². The molecule has 0 saturated carbocycles. The Labute approximate surface area is 156 Å². The molecular weight excluding hydrogens is 342 g/mol. The number of nitrogens with one attached hydrogen (secondary N) is 1. The Balaban J connectivity index is 1.66. The van der Waals surface area contributed by atoms with Crippen LogP contribution in [-0.2, 0) is 11.3 Å². The van der Waals surface area contributed by atoms with Gasteiger partial charge in [0.05, 0.1) is 0 Å². The number of para-hydroxylation sites is 1. The van der Waals surface area contributed by atoms with E-state index in [1.54, 1.807) is 0 Å². The molecule has 7 heteroatoms. The molecule has 4 heterocycles. The lowest BCUT2D eigenvalue weighted by atomic mass is 9.99. The molecule has 0 aliphatic carbocycles. The minimum absolute atomic E-state index is 0.297. The van der Waals surface area contributed by atoms with E-state index < -0.39 is 0 Å². The van der Waals surface area contributed by atoms with Crippen LogP contribution in [0.2, 0.25) is 0 Å². The second-order valence-corrected chi connectivity index (χ2v) is 6.77. The minimum Gasteiger partial charge on any atom is -0.450 e. The summed E-state index contributed by atoms with van der Waals surface area (Å²) in [6.45, 7) is 4.38. The Hall–Kier alpha value is -2.93. The van der Waals surface area contributed by atoms with Crippen molar-refractivity contribution in [2.24, 2.45) is 0 Å². The highest BCUT2D eigenvalue weighted by Crippen LogP contribution is 2.35. The number of furan rings is 1. The van der Waals surface area contributed by atoms with Crippen LogP contribution in [0.15, 0.2) is 40.9 Å². The van der Waals surface area contributed by atoms with Gasteiger partial charge in [-0.1, -0.05) is 12.1 Å². The molecular formula is C20H21N5O2. The van der Waals surface area contributed by atoms with Crippen molar-refractivity contribution in [3.63, 3.8) is 0 Å². The van der Waals surface area contributed by atoms with Crippen LogP contribution in [0.25, 0.3) is 22.1 Å². The van der Waals surface area contributed by atoms with Crippen molar-refractivity contribution >= 4 is 33.7 Å². The third-order valence-electron chi connectivity index (χ3n) is 5.03. The topological polar surface area (TPSA) is 78.0 Å². The van der Waals surface area contributed by atoms with Crippen LogP contribution in [0.3, 0.4) is 0 Å². The van der Waals surface area contributed by atoms with Crippen molar-refractivity contribution in [1.29, 1.82) is 0 Å². The van der Waals surface area contributed by atoms with E-state index >= 15 is 0 Å². The summed E-state index contributed by atoms with van der Waals surface area (Å²) in [5, 5.41) is 8.85. The number of ether oxygens (including phenoxy) is 1. The number of nitrogens with zero attached hydrogens (tertiary/aromatic N) is 4. The van der Waals surface area contributed by atoms with E-state index in [-0.39, 0.29) is 0 Å². The molecule has 7 nitrogen and oxygen atoms in total. The van der Waals surface area contributed by atoms with E-state index in [0.29, 0.717) is 17.3 Å². The van der Waals surface area contributed by atoms with Gasteiger partial charge in [-0.15, -0.1) is 0 Å². The number of hydrogen-bond donors (Lipinski definition) is 1. The largest absolute Gasteiger partial charge is 0.450 e. The number of hydrogen-bond acceptors (Lipinski definition) is 6. The van der Waals surface area contributed by atoms with Gasteiger partial charge in [-0.3, -0.25) is 4.68 Å². The molecule has 0 spiro atoms. The van der Waals surface area contributed by atoms with Crippen molar-refractivity contribution in [3.8, 4) is 0 Å². The lowest BCUT2D eigenvalue weighted by molar-refractivity contribution is 0.0837.